The Kier molecular flexibility index (Phi) is 6.65. The first-order valence-corrected chi connectivity index (χ1v) is 7.48. The van der Waals surface area contributed by atoms with Gasteiger partial charge < -0.3 is 4.74 Å². The molecule has 2 aromatic rings. The van der Waals surface area contributed by atoms with Crippen LogP contribution in [0.4, 0.5) is 18.9 Å². The van der Waals surface area contributed by atoms with Crippen LogP contribution in [0.15, 0.2) is 72.8 Å². The summed E-state index contributed by atoms with van der Waals surface area (Å²) in [6.07, 6.45) is 3.01. The summed E-state index contributed by atoms with van der Waals surface area (Å²) in [5.41, 5.74) is 1.15. The van der Waals surface area contributed by atoms with E-state index in [2.05, 4.69) is 4.74 Å². The Morgan fingerprint density at radius 2 is 1.37 bits per heavy atom. The molecule has 0 amide bonds. The molecule has 2 aromatic carbocycles. The standard InChI is InChI=1S/C19H12F3NO4/c20-18(21)19(22)27-17-11-5-14(6-12-17)4-10-16(24)9-3-13-1-7-15(8-2-13)23(25)26/h1-12H. The van der Waals surface area contributed by atoms with Crippen LogP contribution < -0.4 is 4.74 Å². The molecule has 8 heteroatoms. The largest absolute Gasteiger partial charge is 0.428 e. The molecule has 0 aliphatic heterocycles. The highest BCUT2D eigenvalue weighted by Crippen LogP contribution is 2.19. The minimum atomic E-state index is -2.55. The third kappa shape index (κ3) is 6.28. The van der Waals surface area contributed by atoms with Gasteiger partial charge in [0.1, 0.15) is 5.75 Å². The summed E-state index contributed by atoms with van der Waals surface area (Å²) in [4.78, 5) is 21.9. The van der Waals surface area contributed by atoms with Crippen molar-refractivity contribution in [1.29, 1.82) is 0 Å². The quantitative estimate of drug-likeness (QED) is 0.285. The third-order valence-corrected chi connectivity index (χ3v) is 3.22. The predicted octanol–water partition coefficient (Wildman–Crippen LogP) is 5.30. The van der Waals surface area contributed by atoms with Crippen molar-refractivity contribution in [2.75, 3.05) is 0 Å². The van der Waals surface area contributed by atoms with Crippen LogP contribution in [0.5, 0.6) is 5.75 Å². The maximum absolute atomic E-state index is 12.7. The van der Waals surface area contributed by atoms with Crippen molar-refractivity contribution < 1.29 is 27.6 Å². The van der Waals surface area contributed by atoms with Crippen molar-refractivity contribution in [3.63, 3.8) is 0 Å². The summed E-state index contributed by atoms with van der Waals surface area (Å²) < 4.78 is 40.8. The lowest BCUT2D eigenvalue weighted by atomic mass is 10.1. The van der Waals surface area contributed by atoms with Crippen LogP contribution in [-0.4, -0.2) is 10.7 Å². The average Bonchev–Trinajstić information content (AvgIpc) is 2.66. The molecular formula is C19H12F3NO4. The normalized spacial score (nSPS) is 10.9. The number of nitrogens with zero attached hydrogens (tertiary/aromatic N) is 1. The van der Waals surface area contributed by atoms with Gasteiger partial charge in [-0.2, -0.15) is 13.2 Å². The summed E-state index contributed by atoms with van der Waals surface area (Å²) in [5.74, 6) is -0.441. The van der Waals surface area contributed by atoms with E-state index in [4.69, 9.17) is 0 Å². The van der Waals surface area contributed by atoms with E-state index in [1.54, 1.807) is 0 Å². The van der Waals surface area contributed by atoms with Gasteiger partial charge in [0, 0.05) is 12.1 Å². The summed E-state index contributed by atoms with van der Waals surface area (Å²) in [6.45, 7) is 0. The molecule has 27 heavy (non-hydrogen) atoms. The number of benzene rings is 2. The minimum absolute atomic E-state index is 0.0459. The van der Waals surface area contributed by atoms with Crippen LogP contribution in [0.25, 0.3) is 12.2 Å². The SMILES string of the molecule is O=C(C=Cc1ccc(OC(F)=C(F)F)cc1)C=Cc1ccc([N+](=O)[O-])cc1. The molecule has 0 atom stereocenters. The monoisotopic (exact) mass is 375 g/mol. The van der Waals surface area contributed by atoms with Gasteiger partial charge in [0.15, 0.2) is 5.78 Å². The Balaban J connectivity index is 1.95. The predicted molar refractivity (Wildman–Crippen MR) is 93.6 cm³/mol. The van der Waals surface area contributed by atoms with E-state index < -0.39 is 17.0 Å². The van der Waals surface area contributed by atoms with Crippen molar-refractivity contribution in [2.24, 2.45) is 0 Å². The lowest BCUT2D eigenvalue weighted by Gasteiger charge is -2.01. The number of rotatable bonds is 7. The molecule has 2 rings (SSSR count). The first-order valence-electron chi connectivity index (χ1n) is 7.48. The van der Waals surface area contributed by atoms with Crippen molar-refractivity contribution in [3.05, 3.63) is 94.0 Å². The van der Waals surface area contributed by atoms with Gasteiger partial charge in [0.25, 0.3) is 5.69 Å². The van der Waals surface area contributed by atoms with Gasteiger partial charge in [-0.15, -0.1) is 0 Å². The Hall–Kier alpha value is -3.68. The second-order valence-electron chi connectivity index (χ2n) is 5.12. The molecule has 0 N–H and O–H groups in total. The van der Waals surface area contributed by atoms with E-state index in [9.17, 15) is 28.1 Å². The highest BCUT2D eigenvalue weighted by Gasteiger charge is 2.07. The number of carbonyl (C=O) groups is 1. The van der Waals surface area contributed by atoms with Gasteiger partial charge in [0.2, 0.25) is 0 Å². The van der Waals surface area contributed by atoms with Gasteiger partial charge in [-0.1, -0.05) is 24.3 Å². The number of nitro groups is 1. The Morgan fingerprint density at radius 1 is 0.889 bits per heavy atom. The van der Waals surface area contributed by atoms with Gasteiger partial charge >= 0.3 is 12.1 Å². The molecule has 0 saturated carbocycles. The van der Waals surface area contributed by atoms with Gasteiger partial charge in [-0.05, 0) is 47.5 Å². The molecule has 0 aromatic heterocycles. The average molecular weight is 375 g/mol. The number of carbonyl (C=O) groups excluding carboxylic acids is 1. The Bertz CT molecular complexity index is 913. The molecule has 5 nitrogen and oxygen atoms in total. The fourth-order valence-electron chi connectivity index (χ4n) is 1.91. The van der Waals surface area contributed by atoms with Gasteiger partial charge in [-0.25, -0.2) is 0 Å². The lowest BCUT2D eigenvalue weighted by molar-refractivity contribution is -0.384. The first kappa shape index (κ1) is 19.6. The fourth-order valence-corrected chi connectivity index (χ4v) is 1.91. The molecule has 0 spiro atoms. The number of non-ortho nitro benzene ring substituents is 1. The summed E-state index contributed by atoms with van der Waals surface area (Å²) >= 11 is 0. The van der Waals surface area contributed by atoms with Crippen molar-refractivity contribution in [1.82, 2.24) is 0 Å². The van der Waals surface area contributed by atoms with Crippen LogP contribution in [-0.2, 0) is 4.79 Å². The van der Waals surface area contributed by atoms with Crippen molar-refractivity contribution >= 4 is 23.6 Å². The van der Waals surface area contributed by atoms with E-state index in [0.29, 0.717) is 11.1 Å². The second kappa shape index (κ2) is 9.14. The summed E-state index contributed by atoms with van der Waals surface area (Å²) in [6, 6.07) is 9.19. The van der Waals surface area contributed by atoms with Crippen LogP contribution in [0.1, 0.15) is 11.1 Å². The topological polar surface area (TPSA) is 69.4 Å². The Labute approximate surface area is 151 Å². The first-order chi connectivity index (χ1) is 12.8. The summed E-state index contributed by atoms with van der Waals surface area (Å²) in [7, 11) is 0. The van der Waals surface area contributed by atoms with E-state index in [0.717, 1.165) is 0 Å². The molecular weight excluding hydrogens is 363 g/mol. The molecule has 0 aliphatic carbocycles. The molecule has 0 heterocycles. The molecule has 0 saturated heterocycles. The highest BCUT2D eigenvalue weighted by atomic mass is 19.3. The molecule has 0 unspecified atom stereocenters. The lowest BCUT2D eigenvalue weighted by Crippen LogP contribution is -1.90. The van der Waals surface area contributed by atoms with Crippen LogP contribution in [0.3, 0.4) is 0 Å². The number of nitro benzene ring substituents is 1. The number of hydrogen-bond acceptors (Lipinski definition) is 4. The van der Waals surface area contributed by atoms with E-state index in [1.807, 2.05) is 0 Å². The van der Waals surface area contributed by atoms with Crippen LogP contribution in [0, 0.1) is 10.1 Å². The molecule has 0 radical (unpaired) electrons. The van der Waals surface area contributed by atoms with Crippen LogP contribution >= 0.6 is 0 Å². The van der Waals surface area contributed by atoms with Crippen molar-refractivity contribution in [3.8, 4) is 5.75 Å². The molecule has 0 fully saturated rings. The highest BCUT2D eigenvalue weighted by molar-refractivity contribution is 6.04. The molecule has 138 valence electrons. The van der Waals surface area contributed by atoms with E-state index >= 15 is 0 Å². The minimum Gasteiger partial charge on any atom is -0.428 e. The van der Waals surface area contributed by atoms with Crippen LogP contribution in [0.2, 0.25) is 0 Å². The van der Waals surface area contributed by atoms with Crippen molar-refractivity contribution in [2.45, 2.75) is 0 Å². The number of ether oxygens (including phenoxy) is 1. The Morgan fingerprint density at radius 3 is 1.81 bits per heavy atom. The number of halogens is 3. The van der Waals surface area contributed by atoms with Gasteiger partial charge in [0.05, 0.1) is 4.92 Å². The number of hydrogen-bond donors (Lipinski definition) is 0. The molecule has 0 bridgehead atoms. The number of allylic oxidation sites excluding steroid dienone is 2. The maximum atomic E-state index is 12.7. The zero-order valence-electron chi connectivity index (χ0n) is 13.6. The fraction of sp³-hybridized carbons (Fsp3) is 0. The molecule has 0 aliphatic rings. The zero-order chi connectivity index (χ0) is 19.8. The van der Waals surface area contributed by atoms with Gasteiger partial charge in [-0.3, -0.25) is 14.9 Å². The van der Waals surface area contributed by atoms with E-state index in [-0.39, 0.29) is 17.2 Å². The zero-order valence-corrected chi connectivity index (χ0v) is 13.6. The second-order valence-corrected chi connectivity index (χ2v) is 5.12. The smallest absolute Gasteiger partial charge is 0.344 e. The summed E-state index contributed by atoms with van der Waals surface area (Å²) in [5, 5.41) is 10.6. The maximum Gasteiger partial charge on any atom is 0.344 e. The third-order valence-electron chi connectivity index (χ3n) is 3.22. The van der Waals surface area contributed by atoms with E-state index in [1.165, 1.54) is 72.8 Å². The number of ketones is 1.